The molecular formula is C26H28N2O4. The molecule has 0 aliphatic heterocycles. The van der Waals surface area contributed by atoms with Gasteiger partial charge in [-0.05, 0) is 55.0 Å². The Hall–Kier alpha value is -3.64. The Morgan fingerprint density at radius 3 is 2.34 bits per heavy atom. The zero-order valence-corrected chi connectivity index (χ0v) is 18.4. The highest BCUT2D eigenvalue weighted by atomic mass is 16.5. The third kappa shape index (κ3) is 6.68. The third-order valence-electron chi connectivity index (χ3n) is 4.79. The van der Waals surface area contributed by atoms with Crippen molar-refractivity contribution in [2.24, 2.45) is 0 Å². The molecule has 1 N–H and O–H groups in total. The van der Waals surface area contributed by atoms with Crippen LogP contribution < -0.4 is 10.1 Å². The Morgan fingerprint density at radius 2 is 1.62 bits per heavy atom. The number of nitrogens with zero attached hydrogens (tertiary/aromatic N) is 1. The molecule has 0 fully saturated rings. The molecule has 0 aromatic heterocycles. The van der Waals surface area contributed by atoms with Gasteiger partial charge in [0.05, 0.1) is 6.61 Å². The fourth-order valence-corrected chi connectivity index (χ4v) is 3.15. The minimum atomic E-state index is -0.256. The molecule has 0 saturated carbocycles. The van der Waals surface area contributed by atoms with Crippen LogP contribution in [-0.2, 0) is 11.3 Å². The fourth-order valence-electron chi connectivity index (χ4n) is 3.15. The lowest BCUT2D eigenvalue weighted by Gasteiger charge is -2.18. The predicted molar refractivity (Wildman–Crippen MR) is 125 cm³/mol. The van der Waals surface area contributed by atoms with Gasteiger partial charge in [0.15, 0.2) is 0 Å². The molecule has 3 aromatic carbocycles. The van der Waals surface area contributed by atoms with Crippen LogP contribution in [0.5, 0.6) is 5.75 Å². The van der Waals surface area contributed by atoms with Gasteiger partial charge in [0.25, 0.3) is 11.8 Å². The van der Waals surface area contributed by atoms with Gasteiger partial charge in [0.1, 0.15) is 12.4 Å². The van der Waals surface area contributed by atoms with E-state index >= 15 is 0 Å². The zero-order chi connectivity index (χ0) is 22.8. The Labute approximate surface area is 188 Å². The van der Waals surface area contributed by atoms with Gasteiger partial charge in [0, 0.05) is 37.0 Å². The van der Waals surface area contributed by atoms with E-state index in [2.05, 4.69) is 5.32 Å². The Balaban J connectivity index is 1.59. The van der Waals surface area contributed by atoms with E-state index < -0.39 is 0 Å². The maximum Gasteiger partial charge on any atom is 0.255 e. The quantitative estimate of drug-likeness (QED) is 0.475. The van der Waals surface area contributed by atoms with Crippen LogP contribution in [-0.4, -0.2) is 43.6 Å². The third-order valence-corrected chi connectivity index (χ3v) is 4.79. The topological polar surface area (TPSA) is 67.9 Å². The molecule has 0 aliphatic rings. The average Bonchev–Trinajstić information content (AvgIpc) is 2.82. The lowest BCUT2D eigenvalue weighted by Crippen LogP contribution is -2.26. The Morgan fingerprint density at radius 1 is 0.875 bits per heavy atom. The normalized spacial score (nSPS) is 10.4. The van der Waals surface area contributed by atoms with E-state index in [9.17, 15) is 9.59 Å². The van der Waals surface area contributed by atoms with Crippen LogP contribution in [0.3, 0.4) is 0 Å². The second-order valence-corrected chi connectivity index (χ2v) is 7.25. The molecule has 3 rings (SSSR count). The summed E-state index contributed by atoms with van der Waals surface area (Å²) in [6.45, 7) is 4.07. The Kier molecular flexibility index (Phi) is 8.40. The predicted octanol–water partition coefficient (Wildman–Crippen LogP) is 4.63. The van der Waals surface area contributed by atoms with Crippen LogP contribution in [0.2, 0.25) is 0 Å². The van der Waals surface area contributed by atoms with E-state index in [0.29, 0.717) is 48.9 Å². The van der Waals surface area contributed by atoms with Crippen LogP contribution in [0.4, 0.5) is 5.69 Å². The van der Waals surface area contributed by atoms with Gasteiger partial charge in [-0.1, -0.05) is 36.4 Å². The minimum absolute atomic E-state index is 0.112. The summed E-state index contributed by atoms with van der Waals surface area (Å²) in [5, 5.41) is 2.85. The second kappa shape index (κ2) is 11.7. The summed E-state index contributed by atoms with van der Waals surface area (Å²) in [6.07, 6.45) is 0. The van der Waals surface area contributed by atoms with Gasteiger partial charge in [0.2, 0.25) is 0 Å². The van der Waals surface area contributed by atoms with Crippen molar-refractivity contribution in [3.63, 3.8) is 0 Å². The van der Waals surface area contributed by atoms with Gasteiger partial charge in [-0.25, -0.2) is 0 Å². The molecule has 6 nitrogen and oxygen atoms in total. The highest BCUT2D eigenvalue weighted by Crippen LogP contribution is 2.17. The minimum Gasteiger partial charge on any atom is -0.491 e. The highest BCUT2D eigenvalue weighted by molar-refractivity contribution is 6.05. The summed E-state index contributed by atoms with van der Waals surface area (Å²) < 4.78 is 10.8. The monoisotopic (exact) mass is 432 g/mol. The number of anilines is 1. The van der Waals surface area contributed by atoms with E-state index in [4.69, 9.17) is 9.47 Å². The van der Waals surface area contributed by atoms with Crippen LogP contribution in [0, 0.1) is 0 Å². The lowest BCUT2D eigenvalue weighted by molar-refractivity contribution is 0.0784. The van der Waals surface area contributed by atoms with E-state index in [1.54, 1.807) is 60.5 Å². The van der Waals surface area contributed by atoms with Crippen LogP contribution in [0.1, 0.15) is 33.2 Å². The first-order chi connectivity index (χ1) is 15.6. The smallest absolute Gasteiger partial charge is 0.255 e. The van der Waals surface area contributed by atoms with Crippen molar-refractivity contribution in [2.75, 3.05) is 32.2 Å². The lowest BCUT2D eigenvalue weighted by atomic mass is 10.1. The molecule has 32 heavy (non-hydrogen) atoms. The molecule has 0 saturated heterocycles. The summed E-state index contributed by atoms with van der Waals surface area (Å²) in [5.41, 5.74) is 2.63. The van der Waals surface area contributed by atoms with E-state index in [1.165, 1.54) is 0 Å². The SMILES string of the molecule is CCOCCOc1ccc(C(=O)Nc2cccc(C(=O)N(C)Cc3ccccc3)c2)cc1. The largest absolute Gasteiger partial charge is 0.491 e. The fraction of sp³-hybridized carbons (Fsp3) is 0.231. The van der Waals surface area contributed by atoms with Gasteiger partial charge in [-0.15, -0.1) is 0 Å². The van der Waals surface area contributed by atoms with E-state index in [-0.39, 0.29) is 11.8 Å². The second-order valence-electron chi connectivity index (χ2n) is 7.25. The van der Waals surface area contributed by atoms with Crippen LogP contribution in [0.25, 0.3) is 0 Å². The molecule has 0 heterocycles. The molecule has 0 radical (unpaired) electrons. The highest BCUT2D eigenvalue weighted by Gasteiger charge is 2.14. The van der Waals surface area contributed by atoms with Gasteiger partial charge in [-0.2, -0.15) is 0 Å². The van der Waals surface area contributed by atoms with Gasteiger partial charge >= 0.3 is 0 Å². The van der Waals surface area contributed by atoms with E-state index in [1.807, 2.05) is 37.3 Å². The van der Waals surface area contributed by atoms with Crippen LogP contribution in [0.15, 0.2) is 78.9 Å². The standard InChI is InChI=1S/C26H28N2O4/c1-3-31-16-17-32-24-14-12-21(13-15-24)25(29)27-23-11-7-10-22(18-23)26(30)28(2)19-20-8-5-4-6-9-20/h4-15,18H,3,16-17,19H2,1-2H3,(H,27,29). The number of rotatable bonds is 10. The summed E-state index contributed by atoms with van der Waals surface area (Å²) in [7, 11) is 1.76. The number of nitrogens with one attached hydrogen (secondary N) is 1. The number of benzene rings is 3. The molecule has 0 bridgehead atoms. The number of carbonyl (C=O) groups is 2. The van der Waals surface area contributed by atoms with Crippen molar-refractivity contribution < 1.29 is 19.1 Å². The molecule has 6 heteroatoms. The van der Waals surface area contributed by atoms with Gasteiger partial charge < -0.3 is 19.7 Å². The Bertz CT molecular complexity index is 1020. The summed E-state index contributed by atoms with van der Waals surface area (Å²) in [4.78, 5) is 27.1. The maximum atomic E-state index is 12.8. The average molecular weight is 433 g/mol. The molecule has 166 valence electrons. The van der Waals surface area contributed by atoms with Crippen molar-refractivity contribution in [1.82, 2.24) is 4.90 Å². The summed E-state index contributed by atoms with van der Waals surface area (Å²) in [5.74, 6) is 0.307. The van der Waals surface area contributed by atoms with Crippen molar-refractivity contribution in [3.05, 3.63) is 95.6 Å². The molecule has 2 amide bonds. The van der Waals surface area contributed by atoms with Crippen molar-refractivity contribution in [3.8, 4) is 5.75 Å². The summed E-state index contributed by atoms with van der Waals surface area (Å²) >= 11 is 0. The van der Waals surface area contributed by atoms with Gasteiger partial charge in [-0.3, -0.25) is 9.59 Å². The first-order valence-corrected chi connectivity index (χ1v) is 10.6. The summed E-state index contributed by atoms with van der Waals surface area (Å²) in [6, 6.07) is 23.7. The van der Waals surface area contributed by atoms with Crippen molar-refractivity contribution >= 4 is 17.5 Å². The zero-order valence-electron chi connectivity index (χ0n) is 18.4. The number of amides is 2. The number of carbonyl (C=O) groups excluding carboxylic acids is 2. The first-order valence-electron chi connectivity index (χ1n) is 10.6. The molecular weight excluding hydrogens is 404 g/mol. The molecule has 3 aromatic rings. The molecule has 0 aliphatic carbocycles. The van der Waals surface area contributed by atoms with Crippen molar-refractivity contribution in [2.45, 2.75) is 13.5 Å². The maximum absolute atomic E-state index is 12.8. The molecule has 0 spiro atoms. The van der Waals surface area contributed by atoms with E-state index in [0.717, 1.165) is 5.56 Å². The molecule has 0 unspecified atom stereocenters. The van der Waals surface area contributed by atoms with Crippen LogP contribution >= 0.6 is 0 Å². The van der Waals surface area contributed by atoms with Crippen molar-refractivity contribution in [1.29, 1.82) is 0 Å². The first kappa shape index (κ1) is 23.0. The number of hydrogen-bond acceptors (Lipinski definition) is 4. The number of ether oxygens (including phenoxy) is 2. The molecule has 0 atom stereocenters. The number of hydrogen-bond donors (Lipinski definition) is 1.